The number of nitrogens with zero attached hydrogens (tertiary/aromatic N) is 2. The van der Waals surface area contributed by atoms with Crippen molar-refractivity contribution in [2.45, 2.75) is 31.6 Å². The van der Waals surface area contributed by atoms with E-state index in [4.69, 9.17) is 10.00 Å². The van der Waals surface area contributed by atoms with Gasteiger partial charge in [-0.1, -0.05) is 0 Å². The summed E-state index contributed by atoms with van der Waals surface area (Å²) in [5.74, 6) is 0. The minimum absolute atomic E-state index is 0.135. The molecule has 1 saturated heterocycles. The average Bonchev–Trinajstić information content (AvgIpc) is 2.16. The molecule has 0 amide bonds. The molecule has 0 N–H and O–H groups in total. The number of nitriles is 1. The Labute approximate surface area is 90.7 Å². The van der Waals surface area contributed by atoms with Gasteiger partial charge in [0.15, 0.2) is 6.10 Å². The quantitative estimate of drug-likeness (QED) is 0.653. The summed E-state index contributed by atoms with van der Waals surface area (Å²) in [6, 6.07) is 1.93. The summed E-state index contributed by atoms with van der Waals surface area (Å²) in [5.41, 5.74) is 0. The Hall–Kier alpha value is -0.640. The highest BCUT2D eigenvalue weighted by molar-refractivity contribution is 7.90. The Bertz CT molecular complexity index is 364. The Balaban J connectivity index is 2.86. The fraction of sp³-hybridized carbons (Fsp3) is 0.889. The lowest BCUT2D eigenvalue weighted by molar-refractivity contribution is 0.0304. The summed E-state index contributed by atoms with van der Waals surface area (Å²) >= 11 is 0. The molecule has 0 aromatic heterocycles. The van der Waals surface area contributed by atoms with E-state index in [-0.39, 0.29) is 13.2 Å². The first kappa shape index (κ1) is 12.4. The van der Waals surface area contributed by atoms with E-state index in [9.17, 15) is 8.42 Å². The molecule has 6 heteroatoms. The van der Waals surface area contributed by atoms with Gasteiger partial charge in [0.2, 0.25) is 10.0 Å². The molecule has 1 aliphatic heterocycles. The first-order valence-electron chi connectivity index (χ1n) is 4.80. The summed E-state index contributed by atoms with van der Waals surface area (Å²) in [6.45, 7) is 5.71. The van der Waals surface area contributed by atoms with Crippen molar-refractivity contribution in [2.75, 3.05) is 19.7 Å². The number of sulfonamides is 1. The average molecular weight is 232 g/mol. The van der Waals surface area contributed by atoms with Crippen molar-refractivity contribution in [3.8, 4) is 6.07 Å². The highest BCUT2D eigenvalue weighted by Gasteiger charge is 2.38. The zero-order valence-electron chi connectivity index (χ0n) is 9.23. The summed E-state index contributed by atoms with van der Waals surface area (Å²) in [5, 5.41) is 8.68. The Morgan fingerprint density at radius 1 is 1.47 bits per heavy atom. The van der Waals surface area contributed by atoms with Crippen molar-refractivity contribution in [3.05, 3.63) is 0 Å². The first-order valence-corrected chi connectivity index (χ1v) is 6.24. The molecule has 1 heterocycles. The molecule has 86 valence electrons. The Morgan fingerprint density at radius 3 is 2.53 bits per heavy atom. The summed E-state index contributed by atoms with van der Waals surface area (Å²) in [4.78, 5) is 0. The van der Waals surface area contributed by atoms with Crippen molar-refractivity contribution in [1.29, 1.82) is 5.26 Å². The third-order valence-corrected chi connectivity index (χ3v) is 4.85. The normalized spacial score (nSPS) is 24.8. The highest BCUT2D eigenvalue weighted by atomic mass is 32.2. The fourth-order valence-corrected chi connectivity index (χ4v) is 2.73. The maximum absolute atomic E-state index is 12.0. The molecular formula is C9H16N2O3S. The van der Waals surface area contributed by atoms with E-state index in [2.05, 4.69) is 0 Å². The second-order valence-electron chi connectivity index (χ2n) is 4.46. The van der Waals surface area contributed by atoms with Gasteiger partial charge in [0.25, 0.3) is 0 Å². The molecule has 0 bridgehead atoms. The molecule has 0 aromatic carbocycles. The lowest BCUT2D eigenvalue weighted by atomic mass is 10.3. The molecular weight excluding hydrogens is 216 g/mol. The number of rotatable bonds is 1. The first-order chi connectivity index (χ1) is 6.79. The van der Waals surface area contributed by atoms with E-state index in [0.29, 0.717) is 6.54 Å². The van der Waals surface area contributed by atoms with Gasteiger partial charge in [-0.3, -0.25) is 0 Å². The van der Waals surface area contributed by atoms with Gasteiger partial charge in [-0.25, -0.2) is 8.42 Å². The molecule has 0 spiro atoms. The van der Waals surface area contributed by atoms with Gasteiger partial charge in [0.05, 0.1) is 24.0 Å². The van der Waals surface area contributed by atoms with E-state index < -0.39 is 20.9 Å². The SMILES string of the molecule is CC(C)(C)S(=O)(=O)N1CCOC(C#N)C1. The van der Waals surface area contributed by atoms with Crippen LogP contribution in [0.3, 0.4) is 0 Å². The van der Waals surface area contributed by atoms with Crippen LogP contribution in [0.2, 0.25) is 0 Å². The third-order valence-electron chi connectivity index (χ3n) is 2.29. The molecule has 15 heavy (non-hydrogen) atoms. The topological polar surface area (TPSA) is 70.4 Å². The van der Waals surface area contributed by atoms with Crippen molar-refractivity contribution in [1.82, 2.24) is 4.31 Å². The standard InChI is InChI=1S/C9H16N2O3S/c1-9(2,3)15(12,13)11-4-5-14-8(6-10)7-11/h8H,4-5,7H2,1-3H3. The van der Waals surface area contributed by atoms with Gasteiger partial charge in [-0.05, 0) is 20.8 Å². The van der Waals surface area contributed by atoms with Crippen LogP contribution < -0.4 is 0 Å². The lowest BCUT2D eigenvalue weighted by Gasteiger charge is -2.33. The zero-order valence-corrected chi connectivity index (χ0v) is 10.0. The van der Waals surface area contributed by atoms with E-state index in [0.717, 1.165) is 0 Å². The number of hydrogen-bond acceptors (Lipinski definition) is 4. The summed E-state index contributed by atoms with van der Waals surface area (Å²) in [6.07, 6.45) is -0.643. The van der Waals surface area contributed by atoms with Crippen LogP contribution in [0.15, 0.2) is 0 Å². The Morgan fingerprint density at radius 2 is 2.07 bits per heavy atom. The van der Waals surface area contributed by atoms with Crippen molar-refractivity contribution >= 4 is 10.0 Å². The molecule has 0 aromatic rings. The molecule has 5 nitrogen and oxygen atoms in total. The fourth-order valence-electron chi connectivity index (χ4n) is 1.31. The maximum atomic E-state index is 12.0. The van der Waals surface area contributed by atoms with E-state index in [1.165, 1.54) is 4.31 Å². The third kappa shape index (κ3) is 2.48. The molecule has 0 saturated carbocycles. The van der Waals surface area contributed by atoms with Gasteiger partial charge in [-0.15, -0.1) is 0 Å². The van der Waals surface area contributed by atoms with Gasteiger partial charge in [0.1, 0.15) is 0 Å². The number of morpholine rings is 1. The van der Waals surface area contributed by atoms with Crippen LogP contribution in [0, 0.1) is 11.3 Å². The maximum Gasteiger partial charge on any atom is 0.219 e. The van der Waals surface area contributed by atoms with Crippen molar-refractivity contribution < 1.29 is 13.2 Å². The monoisotopic (exact) mass is 232 g/mol. The predicted molar refractivity (Wildman–Crippen MR) is 55.6 cm³/mol. The van der Waals surface area contributed by atoms with Gasteiger partial charge >= 0.3 is 0 Å². The van der Waals surface area contributed by atoms with Crippen LogP contribution in [0.4, 0.5) is 0 Å². The largest absolute Gasteiger partial charge is 0.361 e. The van der Waals surface area contributed by atoms with Gasteiger partial charge < -0.3 is 4.74 Å². The van der Waals surface area contributed by atoms with Crippen molar-refractivity contribution in [3.63, 3.8) is 0 Å². The van der Waals surface area contributed by atoms with Crippen LogP contribution >= 0.6 is 0 Å². The Kier molecular flexibility index (Phi) is 3.38. The van der Waals surface area contributed by atoms with Crippen molar-refractivity contribution in [2.24, 2.45) is 0 Å². The molecule has 0 radical (unpaired) electrons. The highest BCUT2D eigenvalue weighted by Crippen LogP contribution is 2.22. The molecule has 1 fully saturated rings. The lowest BCUT2D eigenvalue weighted by Crippen LogP contribution is -2.50. The number of ether oxygens (including phenoxy) is 1. The minimum atomic E-state index is -3.34. The predicted octanol–water partition coefficient (Wildman–Crippen LogP) is 0.339. The van der Waals surface area contributed by atoms with Crippen LogP contribution in [0.1, 0.15) is 20.8 Å². The summed E-state index contributed by atoms with van der Waals surface area (Å²) < 4.78 is 29.7. The molecule has 1 aliphatic rings. The van der Waals surface area contributed by atoms with E-state index >= 15 is 0 Å². The van der Waals surface area contributed by atoms with Crippen LogP contribution in [-0.2, 0) is 14.8 Å². The molecule has 1 rings (SSSR count). The molecule has 1 atom stereocenters. The van der Waals surface area contributed by atoms with E-state index in [1.807, 2.05) is 6.07 Å². The molecule has 1 unspecified atom stereocenters. The molecule has 0 aliphatic carbocycles. The zero-order chi connectivity index (χ0) is 11.7. The minimum Gasteiger partial charge on any atom is -0.361 e. The number of hydrogen-bond donors (Lipinski definition) is 0. The second-order valence-corrected chi connectivity index (χ2v) is 7.16. The van der Waals surface area contributed by atoms with Crippen LogP contribution in [0.5, 0.6) is 0 Å². The van der Waals surface area contributed by atoms with Crippen LogP contribution in [0.25, 0.3) is 0 Å². The second kappa shape index (κ2) is 4.08. The smallest absolute Gasteiger partial charge is 0.219 e. The van der Waals surface area contributed by atoms with E-state index in [1.54, 1.807) is 20.8 Å². The summed E-state index contributed by atoms with van der Waals surface area (Å²) in [7, 11) is -3.34. The van der Waals surface area contributed by atoms with Crippen LogP contribution in [-0.4, -0.2) is 43.3 Å². The van der Waals surface area contributed by atoms with Gasteiger partial charge in [0, 0.05) is 6.54 Å². The van der Waals surface area contributed by atoms with Gasteiger partial charge in [-0.2, -0.15) is 9.57 Å².